The van der Waals surface area contributed by atoms with Crippen LogP contribution in [0.25, 0.3) is 0 Å². The highest BCUT2D eigenvalue weighted by atomic mass is 16.5. The zero-order chi connectivity index (χ0) is 16.2. The summed E-state index contributed by atoms with van der Waals surface area (Å²) in [6.45, 7) is 4.39. The van der Waals surface area contributed by atoms with Gasteiger partial charge in [0.15, 0.2) is 12.4 Å². The maximum absolute atomic E-state index is 12.3. The van der Waals surface area contributed by atoms with Crippen LogP contribution in [0.4, 0.5) is 0 Å². The molecule has 2 aromatic rings. The minimum absolute atomic E-state index is 0.0260. The number of hydrogen-bond acceptors (Lipinski definition) is 2. The van der Waals surface area contributed by atoms with E-state index in [-0.39, 0.29) is 12.4 Å². The lowest BCUT2D eigenvalue weighted by Crippen LogP contribution is -2.12. The van der Waals surface area contributed by atoms with Crippen LogP contribution in [0.3, 0.4) is 0 Å². The number of carbonyl (C=O) groups excluding carboxylic acids is 1. The highest BCUT2D eigenvalue weighted by Crippen LogP contribution is 2.25. The molecule has 2 nitrogen and oxygen atoms in total. The molecule has 3 rings (SSSR count). The van der Waals surface area contributed by atoms with Crippen LogP contribution >= 0.6 is 0 Å². The monoisotopic (exact) mass is 308 g/mol. The Morgan fingerprint density at radius 2 is 1.70 bits per heavy atom. The van der Waals surface area contributed by atoms with Gasteiger partial charge in [0.05, 0.1) is 0 Å². The third-order valence-corrected chi connectivity index (χ3v) is 4.59. The number of rotatable bonds is 5. The van der Waals surface area contributed by atoms with Gasteiger partial charge in [-0.2, -0.15) is 0 Å². The van der Waals surface area contributed by atoms with Gasteiger partial charge in [-0.05, 0) is 60.4 Å². The molecule has 0 aromatic heterocycles. The normalized spacial score (nSPS) is 13.7. The Morgan fingerprint density at radius 1 is 1.00 bits per heavy atom. The quantitative estimate of drug-likeness (QED) is 0.730. The highest BCUT2D eigenvalue weighted by molar-refractivity contribution is 5.97. The van der Waals surface area contributed by atoms with Gasteiger partial charge in [-0.1, -0.05) is 44.2 Å². The van der Waals surface area contributed by atoms with Crippen LogP contribution in [-0.2, 0) is 12.8 Å². The van der Waals surface area contributed by atoms with Crippen molar-refractivity contribution in [1.29, 1.82) is 0 Å². The fourth-order valence-electron chi connectivity index (χ4n) is 3.09. The van der Waals surface area contributed by atoms with Crippen molar-refractivity contribution >= 4 is 5.78 Å². The van der Waals surface area contributed by atoms with E-state index >= 15 is 0 Å². The maximum Gasteiger partial charge on any atom is 0.200 e. The van der Waals surface area contributed by atoms with Gasteiger partial charge < -0.3 is 4.74 Å². The van der Waals surface area contributed by atoms with Crippen LogP contribution in [0.2, 0.25) is 0 Å². The summed E-state index contributed by atoms with van der Waals surface area (Å²) in [5.74, 6) is 1.31. The van der Waals surface area contributed by atoms with Crippen LogP contribution in [0.5, 0.6) is 5.75 Å². The van der Waals surface area contributed by atoms with Gasteiger partial charge >= 0.3 is 0 Å². The first-order chi connectivity index (χ1) is 11.1. The second kappa shape index (κ2) is 6.99. The molecule has 1 aliphatic carbocycles. The van der Waals surface area contributed by atoms with E-state index in [0.717, 1.165) is 18.6 Å². The van der Waals surface area contributed by atoms with E-state index in [4.69, 9.17) is 4.74 Å². The average molecular weight is 308 g/mol. The Hall–Kier alpha value is -2.09. The molecule has 1 aliphatic rings. The molecule has 0 spiro atoms. The first kappa shape index (κ1) is 15.8. The van der Waals surface area contributed by atoms with Gasteiger partial charge in [-0.25, -0.2) is 0 Å². The molecule has 0 fully saturated rings. The molecule has 0 amide bonds. The summed E-state index contributed by atoms with van der Waals surface area (Å²) in [6.07, 6.45) is 4.81. The molecule has 0 N–H and O–H groups in total. The van der Waals surface area contributed by atoms with E-state index in [0.29, 0.717) is 11.5 Å². The number of aryl methyl sites for hydroxylation is 2. The van der Waals surface area contributed by atoms with Crippen molar-refractivity contribution < 1.29 is 9.53 Å². The maximum atomic E-state index is 12.3. The lowest BCUT2D eigenvalue weighted by Gasteiger charge is -2.16. The molecular formula is C21H24O2. The third kappa shape index (κ3) is 3.82. The zero-order valence-corrected chi connectivity index (χ0v) is 14.0. The van der Waals surface area contributed by atoms with Crippen LogP contribution in [0, 0.1) is 0 Å². The standard InChI is InChI=1S/C21H24O2/c1-15(2)16-7-9-18(10-8-16)21(22)14-23-20-12-11-17-5-3-4-6-19(17)13-20/h7-13,15H,3-6,14H2,1-2H3. The first-order valence-electron chi connectivity index (χ1n) is 8.51. The average Bonchev–Trinajstić information content (AvgIpc) is 2.59. The Labute approximate surface area is 138 Å². The predicted molar refractivity (Wildman–Crippen MR) is 93.4 cm³/mol. The van der Waals surface area contributed by atoms with Gasteiger partial charge in [0.25, 0.3) is 0 Å². The fourth-order valence-corrected chi connectivity index (χ4v) is 3.09. The molecule has 23 heavy (non-hydrogen) atoms. The van der Waals surface area contributed by atoms with Crippen LogP contribution < -0.4 is 4.74 Å². The summed E-state index contributed by atoms with van der Waals surface area (Å²) in [5.41, 5.74) is 4.77. The molecule has 0 radical (unpaired) electrons. The molecule has 0 atom stereocenters. The number of Topliss-reactive ketones (excluding diaryl/α,β-unsaturated/α-hetero) is 1. The Balaban J connectivity index is 1.62. The largest absolute Gasteiger partial charge is 0.485 e. The van der Waals surface area contributed by atoms with Gasteiger partial charge in [0, 0.05) is 5.56 Å². The number of ketones is 1. The van der Waals surface area contributed by atoms with Gasteiger partial charge in [0.1, 0.15) is 5.75 Å². The molecule has 2 aromatic carbocycles. The molecule has 0 saturated heterocycles. The van der Waals surface area contributed by atoms with Gasteiger partial charge in [-0.15, -0.1) is 0 Å². The summed E-state index contributed by atoms with van der Waals surface area (Å²) >= 11 is 0. The van der Waals surface area contributed by atoms with Crippen molar-refractivity contribution in [2.75, 3.05) is 6.61 Å². The second-order valence-corrected chi connectivity index (χ2v) is 6.63. The summed E-state index contributed by atoms with van der Waals surface area (Å²) in [7, 11) is 0. The zero-order valence-electron chi connectivity index (χ0n) is 14.0. The van der Waals surface area contributed by atoms with E-state index in [2.05, 4.69) is 26.0 Å². The van der Waals surface area contributed by atoms with Crippen LogP contribution in [0.15, 0.2) is 42.5 Å². The Kier molecular flexibility index (Phi) is 4.80. The van der Waals surface area contributed by atoms with E-state index in [1.165, 1.54) is 29.5 Å². The molecule has 0 saturated carbocycles. The molecule has 120 valence electrons. The Bertz CT molecular complexity index is 683. The summed E-state index contributed by atoms with van der Waals surface area (Å²) in [5, 5.41) is 0. The minimum atomic E-state index is 0.0260. The number of carbonyl (C=O) groups is 1. The lowest BCUT2D eigenvalue weighted by atomic mass is 9.92. The second-order valence-electron chi connectivity index (χ2n) is 6.63. The van der Waals surface area contributed by atoms with Crippen molar-refractivity contribution in [3.63, 3.8) is 0 Å². The fraction of sp³-hybridized carbons (Fsp3) is 0.381. The first-order valence-corrected chi connectivity index (χ1v) is 8.51. The lowest BCUT2D eigenvalue weighted by molar-refractivity contribution is 0.0921. The predicted octanol–water partition coefficient (Wildman–Crippen LogP) is 4.95. The summed E-state index contributed by atoms with van der Waals surface area (Å²) in [4.78, 5) is 12.3. The molecule has 2 heteroatoms. The van der Waals surface area contributed by atoms with Crippen LogP contribution in [-0.4, -0.2) is 12.4 Å². The molecular weight excluding hydrogens is 284 g/mol. The smallest absolute Gasteiger partial charge is 0.200 e. The number of ether oxygens (including phenoxy) is 1. The van der Waals surface area contributed by atoms with E-state index < -0.39 is 0 Å². The summed E-state index contributed by atoms with van der Waals surface area (Å²) < 4.78 is 5.72. The minimum Gasteiger partial charge on any atom is -0.485 e. The van der Waals surface area contributed by atoms with Crippen LogP contribution in [0.1, 0.15) is 59.7 Å². The third-order valence-electron chi connectivity index (χ3n) is 4.59. The number of fused-ring (bicyclic) bond motifs is 1. The Morgan fingerprint density at radius 3 is 2.39 bits per heavy atom. The molecule has 0 aliphatic heterocycles. The number of benzene rings is 2. The molecule has 0 unspecified atom stereocenters. The van der Waals surface area contributed by atoms with Crippen molar-refractivity contribution in [2.45, 2.75) is 45.4 Å². The van der Waals surface area contributed by atoms with Crippen molar-refractivity contribution in [2.24, 2.45) is 0 Å². The summed E-state index contributed by atoms with van der Waals surface area (Å²) in [6, 6.07) is 14.1. The van der Waals surface area contributed by atoms with Crippen molar-refractivity contribution in [3.05, 3.63) is 64.7 Å². The van der Waals surface area contributed by atoms with Gasteiger partial charge in [-0.3, -0.25) is 4.79 Å². The van der Waals surface area contributed by atoms with E-state index in [1.54, 1.807) is 0 Å². The SMILES string of the molecule is CC(C)c1ccc(C(=O)COc2ccc3c(c2)CCCC3)cc1. The van der Waals surface area contributed by atoms with E-state index in [9.17, 15) is 4.79 Å². The highest BCUT2D eigenvalue weighted by Gasteiger charge is 2.11. The molecule has 0 bridgehead atoms. The number of hydrogen-bond donors (Lipinski definition) is 0. The van der Waals surface area contributed by atoms with Gasteiger partial charge in [0.2, 0.25) is 0 Å². The van der Waals surface area contributed by atoms with Crippen molar-refractivity contribution in [1.82, 2.24) is 0 Å². The van der Waals surface area contributed by atoms with Crippen molar-refractivity contribution in [3.8, 4) is 5.75 Å². The molecule has 0 heterocycles. The van der Waals surface area contributed by atoms with E-state index in [1.807, 2.05) is 30.3 Å². The topological polar surface area (TPSA) is 26.3 Å².